The van der Waals surface area contributed by atoms with E-state index in [1.165, 1.54) is 4.90 Å². The van der Waals surface area contributed by atoms with Gasteiger partial charge in [-0.3, -0.25) is 9.69 Å². The number of carboxylic acids is 1. The van der Waals surface area contributed by atoms with Crippen molar-refractivity contribution in [1.29, 1.82) is 0 Å². The summed E-state index contributed by atoms with van der Waals surface area (Å²) in [7, 11) is 0. The Hall–Kier alpha value is -2.04. The molecule has 1 aromatic rings. The van der Waals surface area contributed by atoms with Crippen molar-refractivity contribution in [1.82, 2.24) is 4.90 Å². The summed E-state index contributed by atoms with van der Waals surface area (Å²) in [6.45, 7) is 6.99. The molecule has 110 valence electrons. The summed E-state index contributed by atoms with van der Waals surface area (Å²) >= 11 is 0. The first-order valence-electron chi connectivity index (χ1n) is 6.43. The Bertz CT molecular complexity index is 491. The van der Waals surface area contributed by atoms with Gasteiger partial charge in [-0.1, -0.05) is 24.3 Å². The molecule has 1 N–H and O–H groups in total. The van der Waals surface area contributed by atoms with E-state index in [4.69, 9.17) is 9.84 Å². The predicted molar refractivity (Wildman–Crippen MR) is 75.5 cm³/mol. The maximum absolute atomic E-state index is 12.1. The molecule has 0 aliphatic rings. The molecule has 0 saturated carbocycles. The topological polar surface area (TPSA) is 66.8 Å². The van der Waals surface area contributed by atoms with Crippen molar-refractivity contribution in [2.45, 2.75) is 39.8 Å². The van der Waals surface area contributed by atoms with E-state index < -0.39 is 17.7 Å². The third-order valence-electron chi connectivity index (χ3n) is 2.60. The first-order chi connectivity index (χ1) is 9.19. The van der Waals surface area contributed by atoms with E-state index in [1.807, 2.05) is 31.2 Å². The zero-order chi connectivity index (χ0) is 15.3. The van der Waals surface area contributed by atoms with Crippen molar-refractivity contribution in [2.24, 2.45) is 0 Å². The van der Waals surface area contributed by atoms with Crippen LogP contribution in [-0.2, 0) is 16.1 Å². The Balaban J connectivity index is 2.87. The van der Waals surface area contributed by atoms with Gasteiger partial charge < -0.3 is 9.84 Å². The first kappa shape index (κ1) is 16.0. The van der Waals surface area contributed by atoms with Crippen LogP contribution in [0.15, 0.2) is 24.3 Å². The molecule has 0 atom stereocenters. The summed E-state index contributed by atoms with van der Waals surface area (Å²) in [5, 5.41) is 8.93. The molecule has 1 aromatic carbocycles. The quantitative estimate of drug-likeness (QED) is 0.920. The van der Waals surface area contributed by atoms with Gasteiger partial charge in [0.15, 0.2) is 0 Å². The number of benzene rings is 1. The lowest BCUT2D eigenvalue weighted by Crippen LogP contribution is -2.39. The normalized spacial score (nSPS) is 11.0. The van der Waals surface area contributed by atoms with E-state index in [0.717, 1.165) is 11.1 Å². The summed E-state index contributed by atoms with van der Waals surface area (Å²) in [5.41, 5.74) is 1.26. The molecule has 0 aliphatic heterocycles. The molecule has 1 amide bonds. The second-order valence-corrected chi connectivity index (χ2v) is 5.66. The highest BCUT2D eigenvalue weighted by Gasteiger charge is 2.24. The van der Waals surface area contributed by atoms with Crippen LogP contribution in [0.25, 0.3) is 0 Å². The molecule has 0 fully saturated rings. The minimum atomic E-state index is -1.07. The molecule has 0 bridgehead atoms. The maximum Gasteiger partial charge on any atom is 0.411 e. The number of carbonyl (C=O) groups is 2. The molecule has 20 heavy (non-hydrogen) atoms. The van der Waals surface area contributed by atoms with Crippen molar-refractivity contribution in [3.05, 3.63) is 35.4 Å². The number of aryl methyl sites for hydroxylation is 1. The Labute approximate surface area is 119 Å². The number of rotatable bonds is 4. The molecule has 0 heterocycles. The molecular formula is C15H21NO4. The van der Waals surface area contributed by atoms with Gasteiger partial charge in [-0.2, -0.15) is 0 Å². The van der Waals surface area contributed by atoms with Crippen LogP contribution in [0.1, 0.15) is 31.9 Å². The lowest BCUT2D eigenvalue weighted by molar-refractivity contribution is -0.138. The van der Waals surface area contributed by atoms with Crippen molar-refractivity contribution >= 4 is 12.1 Å². The van der Waals surface area contributed by atoms with Gasteiger partial charge in [-0.25, -0.2) is 4.79 Å². The lowest BCUT2D eigenvalue weighted by atomic mass is 10.1. The number of amides is 1. The fourth-order valence-corrected chi connectivity index (χ4v) is 1.67. The average Bonchev–Trinajstić information content (AvgIpc) is 2.28. The number of hydrogen-bond donors (Lipinski definition) is 1. The fraction of sp³-hybridized carbons (Fsp3) is 0.467. The molecule has 0 unspecified atom stereocenters. The molecule has 0 radical (unpaired) electrons. The van der Waals surface area contributed by atoms with E-state index in [1.54, 1.807) is 20.8 Å². The Morgan fingerprint density at radius 1 is 1.25 bits per heavy atom. The molecule has 1 rings (SSSR count). The number of ether oxygens (including phenoxy) is 1. The van der Waals surface area contributed by atoms with Crippen LogP contribution in [0.2, 0.25) is 0 Å². The third kappa shape index (κ3) is 5.30. The van der Waals surface area contributed by atoms with Crippen LogP contribution < -0.4 is 0 Å². The fourth-order valence-electron chi connectivity index (χ4n) is 1.67. The van der Waals surface area contributed by atoms with Gasteiger partial charge in [0.1, 0.15) is 12.1 Å². The van der Waals surface area contributed by atoms with E-state index in [9.17, 15) is 9.59 Å². The largest absolute Gasteiger partial charge is 0.480 e. The Morgan fingerprint density at radius 2 is 1.85 bits per heavy atom. The molecular weight excluding hydrogens is 258 g/mol. The number of nitrogens with zero attached hydrogens (tertiary/aromatic N) is 1. The van der Waals surface area contributed by atoms with Crippen LogP contribution in [0, 0.1) is 6.92 Å². The van der Waals surface area contributed by atoms with Gasteiger partial charge >= 0.3 is 12.1 Å². The predicted octanol–water partition coefficient (Wildman–Crippen LogP) is 2.82. The van der Waals surface area contributed by atoms with Crippen LogP contribution in [0.5, 0.6) is 0 Å². The van der Waals surface area contributed by atoms with Crippen molar-refractivity contribution in [2.75, 3.05) is 6.54 Å². The second kappa shape index (κ2) is 6.41. The minimum absolute atomic E-state index is 0.216. The number of hydrogen-bond acceptors (Lipinski definition) is 3. The zero-order valence-electron chi connectivity index (χ0n) is 12.3. The van der Waals surface area contributed by atoms with Crippen LogP contribution >= 0.6 is 0 Å². The highest BCUT2D eigenvalue weighted by atomic mass is 16.6. The van der Waals surface area contributed by atoms with Gasteiger partial charge in [0.25, 0.3) is 0 Å². The van der Waals surface area contributed by atoms with Crippen LogP contribution in [0.3, 0.4) is 0 Å². The third-order valence-corrected chi connectivity index (χ3v) is 2.60. The highest BCUT2D eigenvalue weighted by Crippen LogP contribution is 2.14. The first-order valence-corrected chi connectivity index (χ1v) is 6.43. The van der Waals surface area contributed by atoms with Crippen LogP contribution in [-0.4, -0.2) is 34.2 Å². The van der Waals surface area contributed by atoms with Crippen molar-refractivity contribution < 1.29 is 19.4 Å². The summed E-state index contributed by atoms with van der Waals surface area (Å²) < 4.78 is 5.24. The highest BCUT2D eigenvalue weighted by molar-refractivity contribution is 5.77. The second-order valence-electron chi connectivity index (χ2n) is 5.66. The summed E-state index contributed by atoms with van der Waals surface area (Å²) in [6, 6.07) is 7.54. The Kier molecular flexibility index (Phi) is 5.13. The van der Waals surface area contributed by atoms with E-state index >= 15 is 0 Å². The summed E-state index contributed by atoms with van der Waals surface area (Å²) in [4.78, 5) is 24.1. The summed E-state index contributed by atoms with van der Waals surface area (Å²) in [6.07, 6.45) is -0.622. The summed E-state index contributed by atoms with van der Waals surface area (Å²) in [5.74, 6) is -1.07. The van der Waals surface area contributed by atoms with Gasteiger partial charge in [0, 0.05) is 6.54 Å². The van der Waals surface area contributed by atoms with Crippen molar-refractivity contribution in [3.8, 4) is 0 Å². The lowest BCUT2D eigenvalue weighted by Gasteiger charge is -2.26. The molecule has 0 aliphatic carbocycles. The number of aliphatic carboxylic acids is 1. The zero-order valence-corrected chi connectivity index (χ0v) is 12.3. The van der Waals surface area contributed by atoms with E-state index in [0.29, 0.717) is 0 Å². The molecule has 5 nitrogen and oxygen atoms in total. The molecule has 5 heteroatoms. The van der Waals surface area contributed by atoms with Gasteiger partial charge in [0.05, 0.1) is 0 Å². The molecule has 0 spiro atoms. The molecule has 0 saturated heterocycles. The number of carboxylic acid groups (broad SMARTS) is 1. The van der Waals surface area contributed by atoms with Gasteiger partial charge in [-0.15, -0.1) is 0 Å². The van der Waals surface area contributed by atoms with Crippen molar-refractivity contribution in [3.63, 3.8) is 0 Å². The average molecular weight is 279 g/mol. The monoisotopic (exact) mass is 279 g/mol. The minimum Gasteiger partial charge on any atom is -0.480 e. The maximum atomic E-state index is 12.1. The van der Waals surface area contributed by atoms with Gasteiger partial charge in [-0.05, 0) is 38.8 Å². The van der Waals surface area contributed by atoms with E-state index in [2.05, 4.69) is 0 Å². The van der Waals surface area contributed by atoms with E-state index in [-0.39, 0.29) is 13.1 Å². The van der Waals surface area contributed by atoms with Crippen LogP contribution in [0.4, 0.5) is 4.79 Å². The standard InChI is InChI=1S/C15H21NO4/c1-11-7-5-6-8-12(11)9-16(10-13(17)18)14(19)20-15(2,3)4/h5-8H,9-10H2,1-4H3,(H,17,18). The molecule has 0 aromatic heterocycles. The van der Waals surface area contributed by atoms with Gasteiger partial charge in [0.2, 0.25) is 0 Å². The Morgan fingerprint density at radius 3 is 2.35 bits per heavy atom. The SMILES string of the molecule is Cc1ccccc1CN(CC(=O)O)C(=O)OC(C)(C)C. The smallest absolute Gasteiger partial charge is 0.411 e. The number of carbonyl (C=O) groups excluding carboxylic acids is 1.